The summed E-state index contributed by atoms with van der Waals surface area (Å²) in [6.07, 6.45) is 5.24. The molecular weight excluding hydrogens is 250 g/mol. The monoisotopic (exact) mass is 275 g/mol. The number of hydrogen-bond acceptors (Lipinski definition) is 3. The first-order chi connectivity index (χ1) is 9.83. The van der Waals surface area contributed by atoms with Crippen LogP contribution in [-0.4, -0.2) is 32.9 Å². The van der Waals surface area contributed by atoms with Crippen LogP contribution in [0.3, 0.4) is 0 Å². The van der Waals surface area contributed by atoms with Gasteiger partial charge < -0.3 is 14.8 Å². The molecule has 1 aliphatic carbocycles. The predicted octanol–water partition coefficient (Wildman–Crippen LogP) is 2.96. The molecule has 1 fully saturated rings. The molecule has 0 aromatic heterocycles. The van der Waals surface area contributed by atoms with Crippen LogP contribution in [0, 0.1) is 5.92 Å². The van der Waals surface area contributed by atoms with Gasteiger partial charge in [-0.3, -0.25) is 0 Å². The van der Waals surface area contributed by atoms with Crippen molar-refractivity contribution in [2.24, 2.45) is 5.92 Å². The molecule has 1 heterocycles. The van der Waals surface area contributed by atoms with Gasteiger partial charge in [-0.1, -0.05) is 18.2 Å². The van der Waals surface area contributed by atoms with Crippen LogP contribution in [0.1, 0.15) is 37.2 Å². The van der Waals surface area contributed by atoms with Crippen molar-refractivity contribution in [2.45, 2.75) is 43.7 Å². The Labute approximate surface area is 121 Å². The minimum atomic E-state index is 0.356. The molecule has 1 aromatic carbocycles. The van der Waals surface area contributed by atoms with Crippen molar-refractivity contribution in [3.05, 3.63) is 29.8 Å². The van der Waals surface area contributed by atoms with E-state index >= 15 is 0 Å². The van der Waals surface area contributed by atoms with E-state index in [9.17, 15) is 0 Å². The summed E-state index contributed by atoms with van der Waals surface area (Å²) in [6, 6.07) is 8.90. The number of nitrogens with one attached hydrogen (secondary N) is 1. The summed E-state index contributed by atoms with van der Waals surface area (Å²) in [6.45, 7) is 0.833. The summed E-state index contributed by atoms with van der Waals surface area (Å²) in [5.74, 6) is 2.40. The lowest BCUT2D eigenvalue weighted by Gasteiger charge is -2.32. The number of benzene rings is 1. The van der Waals surface area contributed by atoms with E-state index in [0.717, 1.165) is 31.1 Å². The molecule has 2 aliphatic rings. The first kappa shape index (κ1) is 13.9. The number of para-hydroxylation sites is 1. The molecule has 1 saturated carbocycles. The molecule has 1 aliphatic heterocycles. The van der Waals surface area contributed by atoms with Gasteiger partial charge in [-0.15, -0.1) is 0 Å². The van der Waals surface area contributed by atoms with Crippen molar-refractivity contribution in [1.29, 1.82) is 0 Å². The molecule has 0 amide bonds. The van der Waals surface area contributed by atoms with Crippen LogP contribution >= 0.6 is 0 Å². The third kappa shape index (κ3) is 2.84. The lowest BCUT2D eigenvalue weighted by atomic mass is 9.85. The molecule has 3 rings (SSSR count). The van der Waals surface area contributed by atoms with Gasteiger partial charge in [0.1, 0.15) is 5.75 Å². The lowest BCUT2D eigenvalue weighted by Crippen LogP contribution is -2.41. The largest absolute Gasteiger partial charge is 0.493 e. The van der Waals surface area contributed by atoms with Gasteiger partial charge in [-0.05, 0) is 56.2 Å². The van der Waals surface area contributed by atoms with E-state index in [1.54, 1.807) is 0 Å². The molecular formula is C17H25NO2. The van der Waals surface area contributed by atoms with Gasteiger partial charge in [-0.2, -0.15) is 0 Å². The SMILES string of the molecule is CNC(CC1CCOc2ccccc21)C(OC)C1CC1. The van der Waals surface area contributed by atoms with Crippen molar-refractivity contribution < 1.29 is 9.47 Å². The third-order valence-corrected chi connectivity index (χ3v) is 4.75. The highest BCUT2D eigenvalue weighted by Gasteiger charge is 2.37. The summed E-state index contributed by atoms with van der Waals surface area (Å²) in [5, 5.41) is 3.49. The van der Waals surface area contributed by atoms with E-state index in [1.165, 1.54) is 18.4 Å². The Kier molecular flexibility index (Phi) is 4.27. The fraction of sp³-hybridized carbons (Fsp3) is 0.647. The Hall–Kier alpha value is -1.06. The molecule has 1 N–H and O–H groups in total. The molecule has 3 unspecified atom stereocenters. The molecule has 0 saturated heterocycles. The fourth-order valence-electron chi connectivity index (χ4n) is 3.49. The molecule has 110 valence electrons. The van der Waals surface area contributed by atoms with Gasteiger partial charge in [0.15, 0.2) is 0 Å². The minimum absolute atomic E-state index is 0.356. The number of rotatable bonds is 6. The lowest BCUT2D eigenvalue weighted by molar-refractivity contribution is 0.0470. The summed E-state index contributed by atoms with van der Waals surface area (Å²) in [5.41, 5.74) is 1.37. The van der Waals surface area contributed by atoms with E-state index in [4.69, 9.17) is 9.47 Å². The number of fused-ring (bicyclic) bond motifs is 1. The van der Waals surface area contributed by atoms with E-state index in [2.05, 4.69) is 36.6 Å². The quantitative estimate of drug-likeness (QED) is 0.866. The van der Waals surface area contributed by atoms with Crippen LogP contribution in [0.4, 0.5) is 0 Å². The highest BCUT2D eigenvalue weighted by Crippen LogP contribution is 2.40. The van der Waals surface area contributed by atoms with Crippen LogP contribution in [0.15, 0.2) is 24.3 Å². The molecule has 0 bridgehead atoms. The van der Waals surface area contributed by atoms with Crippen LogP contribution in [0.2, 0.25) is 0 Å². The van der Waals surface area contributed by atoms with Crippen molar-refractivity contribution in [3.8, 4) is 5.75 Å². The normalized spacial score (nSPS) is 24.6. The number of likely N-dealkylation sites (N-methyl/N-ethyl adjacent to an activating group) is 1. The smallest absolute Gasteiger partial charge is 0.122 e. The maximum Gasteiger partial charge on any atom is 0.122 e. The molecule has 0 spiro atoms. The molecule has 3 heteroatoms. The zero-order valence-electron chi connectivity index (χ0n) is 12.5. The minimum Gasteiger partial charge on any atom is -0.493 e. The Morgan fingerprint density at radius 1 is 1.30 bits per heavy atom. The number of hydrogen-bond donors (Lipinski definition) is 1. The fourth-order valence-corrected chi connectivity index (χ4v) is 3.49. The predicted molar refractivity (Wildman–Crippen MR) is 80.3 cm³/mol. The first-order valence-corrected chi connectivity index (χ1v) is 7.75. The summed E-state index contributed by atoms with van der Waals surface area (Å²) < 4.78 is 11.5. The van der Waals surface area contributed by atoms with Crippen LogP contribution in [-0.2, 0) is 4.74 Å². The third-order valence-electron chi connectivity index (χ3n) is 4.75. The zero-order chi connectivity index (χ0) is 13.9. The van der Waals surface area contributed by atoms with Gasteiger partial charge in [0.25, 0.3) is 0 Å². The molecule has 20 heavy (non-hydrogen) atoms. The second kappa shape index (κ2) is 6.15. The van der Waals surface area contributed by atoms with E-state index < -0.39 is 0 Å². The second-order valence-corrected chi connectivity index (χ2v) is 6.04. The number of ether oxygens (including phenoxy) is 2. The Bertz CT molecular complexity index is 444. The average Bonchev–Trinajstić information content (AvgIpc) is 3.32. The summed E-state index contributed by atoms with van der Waals surface area (Å²) in [7, 11) is 3.91. The van der Waals surface area contributed by atoms with Gasteiger partial charge in [0, 0.05) is 13.2 Å². The zero-order valence-corrected chi connectivity index (χ0v) is 12.5. The highest BCUT2D eigenvalue weighted by atomic mass is 16.5. The Morgan fingerprint density at radius 3 is 2.80 bits per heavy atom. The summed E-state index contributed by atoms with van der Waals surface area (Å²) >= 11 is 0. The van der Waals surface area contributed by atoms with E-state index in [1.807, 2.05) is 7.11 Å². The molecule has 3 nitrogen and oxygen atoms in total. The van der Waals surface area contributed by atoms with Crippen LogP contribution in [0.25, 0.3) is 0 Å². The van der Waals surface area contributed by atoms with Gasteiger partial charge in [0.05, 0.1) is 12.7 Å². The maximum absolute atomic E-state index is 5.76. The number of methoxy groups -OCH3 is 1. The van der Waals surface area contributed by atoms with Crippen molar-refractivity contribution in [1.82, 2.24) is 5.32 Å². The van der Waals surface area contributed by atoms with Gasteiger partial charge >= 0.3 is 0 Å². The highest BCUT2D eigenvalue weighted by molar-refractivity contribution is 5.37. The first-order valence-electron chi connectivity index (χ1n) is 7.75. The maximum atomic E-state index is 5.76. The Balaban J connectivity index is 1.73. The van der Waals surface area contributed by atoms with Crippen LogP contribution < -0.4 is 10.1 Å². The Morgan fingerprint density at radius 2 is 2.10 bits per heavy atom. The van der Waals surface area contributed by atoms with E-state index in [0.29, 0.717) is 18.1 Å². The molecule has 1 aromatic rings. The standard InChI is InChI=1S/C17H25NO2/c1-18-15(17(19-2)12-7-8-12)11-13-9-10-20-16-6-4-3-5-14(13)16/h3-6,12-13,15,17-18H,7-11H2,1-2H3. The van der Waals surface area contributed by atoms with Crippen molar-refractivity contribution in [2.75, 3.05) is 20.8 Å². The van der Waals surface area contributed by atoms with Crippen molar-refractivity contribution >= 4 is 0 Å². The van der Waals surface area contributed by atoms with Gasteiger partial charge in [-0.25, -0.2) is 0 Å². The second-order valence-electron chi connectivity index (χ2n) is 6.04. The molecule has 0 radical (unpaired) electrons. The van der Waals surface area contributed by atoms with E-state index in [-0.39, 0.29) is 0 Å². The summed E-state index contributed by atoms with van der Waals surface area (Å²) in [4.78, 5) is 0. The van der Waals surface area contributed by atoms with Crippen LogP contribution in [0.5, 0.6) is 5.75 Å². The van der Waals surface area contributed by atoms with Crippen molar-refractivity contribution in [3.63, 3.8) is 0 Å². The topological polar surface area (TPSA) is 30.5 Å². The average molecular weight is 275 g/mol. The van der Waals surface area contributed by atoms with Gasteiger partial charge in [0.2, 0.25) is 0 Å². The molecule has 3 atom stereocenters.